The molecular formula is C26H29FN2O5. The molecule has 0 saturated carbocycles. The Labute approximate surface area is 198 Å². The molecule has 1 saturated heterocycles. The van der Waals surface area contributed by atoms with Gasteiger partial charge in [0, 0.05) is 18.7 Å². The van der Waals surface area contributed by atoms with Crippen LogP contribution in [0.15, 0.2) is 48.0 Å². The summed E-state index contributed by atoms with van der Waals surface area (Å²) in [7, 11) is 1.28. The van der Waals surface area contributed by atoms with Crippen LogP contribution in [0.5, 0.6) is 0 Å². The molecule has 180 valence electrons. The number of ketones is 1. The highest BCUT2D eigenvalue weighted by Crippen LogP contribution is 2.39. The fourth-order valence-electron chi connectivity index (χ4n) is 4.06. The van der Waals surface area contributed by atoms with Crippen molar-refractivity contribution in [1.82, 2.24) is 9.80 Å². The first-order chi connectivity index (χ1) is 16.2. The quantitative estimate of drug-likeness (QED) is 0.275. The van der Waals surface area contributed by atoms with Crippen molar-refractivity contribution in [3.8, 4) is 0 Å². The molecule has 7 nitrogen and oxygen atoms in total. The highest BCUT2D eigenvalue weighted by atomic mass is 19.1. The maximum absolute atomic E-state index is 14.2. The number of aliphatic hydroxyl groups excluding tert-OH is 1. The van der Waals surface area contributed by atoms with Gasteiger partial charge in [-0.2, -0.15) is 0 Å². The summed E-state index contributed by atoms with van der Waals surface area (Å²) in [5.41, 5.74) is 1.25. The second-order valence-corrected chi connectivity index (χ2v) is 8.10. The zero-order chi connectivity index (χ0) is 25.0. The number of amides is 1. The number of rotatable bonds is 8. The van der Waals surface area contributed by atoms with Crippen molar-refractivity contribution in [1.29, 1.82) is 0 Å². The number of aliphatic hydroxyl groups is 1. The van der Waals surface area contributed by atoms with Crippen molar-refractivity contribution in [3.05, 3.63) is 76.1 Å². The Morgan fingerprint density at radius 2 is 1.71 bits per heavy atom. The van der Waals surface area contributed by atoms with Gasteiger partial charge in [0.1, 0.15) is 11.6 Å². The van der Waals surface area contributed by atoms with Gasteiger partial charge in [0.05, 0.1) is 24.3 Å². The molecule has 0 bridgehead atoms. The molecule has 0 spiro atoms. The number of benzene rings is 2. The van der Waals surface area contributed by atoms with E-state index in [4.69, 9.17) is 4.74 Å². The molecule has 0 aliphatic carbocycles. The maximum atomic E-state index is 14.2. The topological polar surface area (TPSA) is 87.2 Å². The monoisotopic (exact) mass is 468 g/mol. The molecular weight excluding hydrogens is 439 g/mol. The fourth-order valence-corrected chi connectivity index (χ4v) is 4.06. The van der Waals surface area contributed by atoms with Gasteiger partial charge in [0.2, 0.25) is 0 Å². The van der Waals surface area contributed by atoms with Crippen LogP contribution in [-0.2, 0) is 14.3 Å². The number of Topliss-reactive ketones (excluding diaryl/α,β-unsaturated/α-hetero) is 1. The van der Waals surface area contributed by atoms with Gasteiger partial charge in [0.25, 0.3) is 11.7 Å². The smallest absolute Gasteiger partial charge is 0.337 e. The molecule has 2 aromatic carbocycles. The molecule has 3 rings (SSSR count). The Bertz CT molecular complexity index is 1120. The van der Waals surface area contributed by atoms with E-state index in [0.29, 0.717) is 23.2 Å². The molecule has 2 aromatic rings. The lowest BCUT2D eigenvalue weighted by Gasteiger charge is -2.28. The van der Waals surface area contributed by atoms with Gasteiger partial charge in [-0.3, -0.25) is 9.59 Å². The summed E-state index contributed by atoms with van der Waals surface area (Å²) in [6.45, 7) is 7.96. The summed E-state index contributed by atoms with van der Waals surface area (Å²) in [5, 5.41) is 11.1. The van der Waals surface area contributed by atoms with E-state index in [9.17, 15) is 23.9 Å². The van der Waals surface area contributed by atoms with Gasteiger partial charge in [-0.15, -0.1) is 0 Å². The molecule has 0 aromatic heterocycles. The van der Waals surface area contributed by atoms with Gasteiger partial charge in [-0.1, -0.05) is 38.1 Å². The maximum Gasteiger partial charge on any atom is 0.337 e. The van der Waals surface area contributed by atoms with Crippen LogP contribution in [-0.4, -0.2) is 65.9 Å². The van der Waals surface area contributed by atoms with E-state index in [-0.39, 0.29) is 17.7 Å². The number of likely N-dealkylation sites (N-methyl/N-ethyl adjacent to an activating group) is 1. The lowest BCUT2D eigenvalue weighted by molar-refractivity contribution is -0.140. The van der Waals surface area contributed by atoms with Gasteiger partial charge < -0.3 is 19.6 Å². The number of hydrogen-bond donors (Lipinski definition) is 1. The van der Waals surface area contributed by atoms with Gasteiger partial charge in [0.15, 0.2) is 0 Å². The van der Waals surface area contributed by atoms with E-state index >= 15 is 0 Å². The molecule has 8 heteroatoms. The molecule has 0 radical (unpaired) electrons. The number of hydrogen-bond acceptors (Lipinski definition) is 6. The predicted molar refractivity (Wildman–Crippen MR) is 126 cm³/mol. The average molecular weight is 469 g/mol. The molecule has 1 heterocycles. The standard InChI is InChI=1S/C26H29FN2O5/c1-5-28(6-2)13-14-29-22(17-9-11-18(12-10-17)26(33)34-4)21(24(31)25(29)32)23(30)19-8-7-16(3)20(27)15-19/h7-12,15,22,30H,5-6,13-14H2,1-4H3/t22-/m0/s1. The minimum absolute atomic E-state index is 0.112. The molecule has 1 fully saturated rings. The lowest BCUT2D eigenvalue weighted by atomic mass is 9.94. The first-order valence-electron chi connectivity index (χ1n) is 11.2. The lowest BCUT2D eigenvalue weighted by Crippen LogP contribution is -2.38. The van der Waals surface area contributed by atoms with E-state index in [1.54, 1.807) is 19.1 Å². The summed E-state index contributed by atoms with van der Waals surface area (Å²) >= 11 is 0. The SMILES string of the molecule is CCN(CC)CCN1C(=O)C(=O)C(=C(O)c2ccc(C)c(F)c2)[C@@H]1c1ccc(C(=O)OC)cc1. The van der Waals surface area contributed by atoms with E-state index in [1.165, 1.54) is 36.3 Å². The van der Waals surface area contributed by atoms with Gasteiger partial charge in [-0.05, 0) is 49.3 Å². The third-order valence-electron chi connectivity index (χ3n) is 6.18. The largest absolute Gasteiger partial charge is 0.507 e. The van der Waals surface area contributed by atoms with Crippen molar-refractivity contribution in [2.24, 2.45) is 0 Å². The minimum atomic E-state index is -0.883. The number of carbonyl (C=O) groups excluding carboxylic acids is 3. The van der Waals surface area contributed by atoms with Crippen LogP contribution in [0.4, 0.5) is 4.39 Å². The molecule has 1 amide bonds. The van der Waals surface area contributed by atoms with Crippen LogP contribution in [0.25, 0.3) is 5.76 Å². The molecule has 1 aliphatic rings. The Kier molecular flexibility index (Phi) is 7.83. The third-order valence-corrected chi connectivity index (χ3v) is 6.18. The molecule has 34 heavy (non-hydrogen) atoms. The van der Waals surface area contributed by atoms with Crippen LogP contribution in [0.1, 0.15) is 46.9 Å². The Morgan fingerprint density at radius 3 is 2.26 bits per heavy atom. The number of carbonyl (C=O) groups is 3. The van der Waals surface area contributed by atoms with Crippen molar-refractivity contribution in [2.75, 3.05) is 33.3 Å². The fraction of sp³-hybridized carbons (Fsp3) is 0.346. The van der Waals surface area contributed by atoms with Crippen LogP contribution >= 0.6 is 0 Å². The van der Waals surface area contributed by atoms with Crippen LogP contribution < -0.4 is 0 Å². The first-order valence-corrected chi connectivity index (χ1v) is 11.2. The van der Waals surface area contributed by atoms with Crippen LogP contribution in [0.2, 0.25) is 0 Å². The number of esters is 1. The first kappa shape index (κ1) is 25.1. The Balaban J connectivity index is 2.11. The Morgan fingerprint density at radius 1 is 1.09 bits per heavy atom. The van der Waals surface area contributed by atoms with Crippen molar-refractivity contribution < 1.29 is 28.6 Å². The predicted octanol–water partition coefficient (Wildman–Crippen LogP) is 3.68. The second-order valence-electron chi connectivity index (χ2n) is 8.10. The van der Waals surface area contributed by atoms with Crippen molar-refractivity contribution in [3.63, 3.8) is 0 Å². The average Bonchev–Trinajstić information content (AvgIpc) is 3.10. The molecule has 1 atom stereocenters. The van der Waals surface area contributed by atoms with E-state index in [2.05, 4.69) is 4.90 Å². The van der Waals surface area contributed by atoms with E-state index < -0.39 is 35.3 Å². The number of methoxy groups -OCH3 is 1. The van der Waals surface area contributed by atoms with Crippen LogP contribution in [0.3, 0.4) is 0 Å². The zero-order valence-electron chi connectivity index (χ0n) is 19.8. The molecule has 1 N–H and O–H groups in total. The minimum Gasteiger partial charge on any atom is -0.507 e. The summed E-state index contributed by atoms with van der Waals surface area (Å²) in [6.07, 6.45) is 0. The third kappa shape index (κ3) is 4.87. The van der Waals surface area contributed by atoms with Gasteiger partial charge >= 0.3 is 5.97 Å². The molecule has 0 unspecified atom stereocenters. The number of aryl methyl sites for hydroxylation is 1. The number of likely N-dealkylation sites (tertiary alicyclic amines) is 1. The molecule has 1 aliphatic heterocycles. The highest BCUT2D eigenvalue weighted by Gasteiger charge is 2.46. The van der Waals surface area contributed by atoms with Crippen molar-refractivity contribution >= 4 is 23.4 Å². The summed E-state index contributed by atoms with van der Waals surface area (Å²) in [6, 6.07) is 9.59. The van der Waals surface area contributed by atoms with E-state index in [1.807, 2.05) is 13.8 Å². The zero-order valence-corrected chi connectivity index (χ0v) is 19.8. The normalized spacial score (nSPS) is 17.5. The van der Waals surface area contributed by atoms with Crippen molar-refractivity contribution in [2.45, 2.75) is 26.8 Å². The van der Waals surface area contributed by atoms with Gasteiger partial charge in [-0.25, -0.2) is 9.18 Å². The summed E-state index contributed by atoms with van der Waals surface area (Å²) in [5.74, 6) is -3.05. The Hall–Kier alpha value is -3.52. The number of ether oxygens (including phenoxy) is 1. The number of nitrogens with zero attached hydrogens (tertiary/aromatic N) is 2. The van der Waals surface area contributed by atoms with Crippen LogP contribution in [0, 0.1) is 12.7 Å². The summed E-state index contributed by atoms with van der Waals surface area (Å²) < 4.78 is 18.9. The number of halogens is 1. The van der Waals surface area contributed by atoms with E-state index in [0.717, 1.165) is 19.2 Å². The summed E-state index contributed by atoms with van der Waals surface area (Å²) in [4.78, 5) is 41.5. The highest BCUT2D eigenvalue weighted by molar-refractivity contribution is 6.46. The second kappa shape index (κ2) is 10.6.